The van der Waals surface area contributed by atoms with Crippen LogP contribution >= 0.6 is 11.6 Å². The summed E-state index contributed by atoms with van der Waals surface area (Å²) in [5, 5.41) is 4.63. The Morgan fingerprint density at radius 3 is 2.94 bits per heavy atom. The van der Waals surface area contributed by atoms with Crippen molar-refractivity contribution < 1.29 is 4.74 Å². The van der Waals surface area contributed by atoms with Crippen molar-refractivity contribution in [1.82, 2.24) is 14.8 Å². The number of halogens is 1. The first kappa shape index (κ1) is 12.9. The Morgan fingerprint density at radius 1 is 1.44 bits per heavy atom. The van der Waals surface area contributed by atoms with Crippen LogP contribution in [-0.2, 0) is 19.7 Å². The van der Waals surface area contributed by atoms with Crippen LogP contribution in [0.1, 0.15) is 18.3 Å². The number of nitrogens with zero attached hydrogens (tertiary/aromatic N) is 3. The Hall–Kier alpha value is -1.59. The summed E-state index contributed by atoms with van der Waals surface area (Å²) in [7, 11) is 0. The molecule has 96 valence electrons. The zero-order valence-corrected chi connectivity index (χ0v) is 10.9. The quantitative estimate of drug-likeness (QED) is 0.899. The Labute approximate surface area is 111 Å². The summed E-state index contributed by atoms with van der Waals surface area (Å²) in [5.41, 5.74) is 6.51. The van der Waals surface area contributed by atoms with E-state index >= 15 is 0 Å². The molecule has 6 heteroatoms. The van der Waals surface area contributed by atoms with Gasteiger partial charge in [0.2, 0.25) is 0 Å². The van der Waals surface area contributed by atoms with Crippen molar-refractivity contribution in [1.29, 1.82) is 0 Å². The van der Waals surface area contributed by atoms with Crippen LogP contribution in [0.4, 0.5) is 0 Å². The molecule has 1 heterocycles. The minimum Gasteiger partial charge on any atom is -0.484 e. The predicted molar refractivity (Wildman–Crippen MR) is 69.4 cm³/mol. The van der Waals surface area contributed by atoms with E-state index in [1.165, 1.54) is 6.33 Å². The van der Waals surface area contributed by atoms with Gasteiger partial charge in [-0.15, -0.1) is 0 Å². The number of rotatable bonds is 5. The van der Waals surface area contributed by atoms with E-state index in [9.17, 15) is 0 Å². The standard InChI is InChI=1S/C12H15ClN4O/c1-2-17-12(15-8-16-17)7-18-11-4-3-9(6-14)5-10(11)13/h3-5,8H,2,6-7,14H2,1H3. The lowest BCUT2D eigenvalue weighted by atomic mass is 10.2. The summed E-state index contributed by atoms with van der Waals surface area (Å²) in [6.45, 7) is 3.57. The van der Waals surface area contributed by atoms with Gasteiger partial charge >= 0.3 is 0 Å². The molecule has 0 unspecified atom stereocenters. The minimum absolute atomic E-state index is 0.343. The van der Waals surface area contributed by atoms with Crippen molar-refractivity contribution in [3.8, 4) is 5.75 Å². The number of ether oxygens (including phenoxy) is 1. The van der Waals surface area contributed by atoms with Crippen LogP contribution in [0.3, 0.4) is 0 Å². The van der Waals surface area contributed by atoms with Gasteiger partial charge in [0.1, 0.15) is 18.7 Å². The highest BCUT2D eigenvalue weighted by atomic mass is 35.5. The lowest BCUT2D eigenvalue weighted by molar-refractivity contribution is 0.287. The molecule has 2 aromatic rings. The normalized spacial score (nSPS) is 10.6. The highest BCUT2D eigenvalue weighted by Gasteiger charge is 2.06. The molecule has 0 aliphatic rings. The first-order chi connectivity index (χ1) is 8.74. The van der Waals surface area contributed by atoms with Crippen LogP contribution < -0.4 is 10.5 Å². The molecule has 0 saturated heterocycles. The van der Waals surface area contributed by atoms with Crippen LogP contribution in [0, 0.1) is 0 Å². The van der Waals surface area contributed by atoms with Crippen LogP contribution in [0.5, 0.6) is 5.75 Å². The van der Waals surface area contributed by atoms with Crippen molar-refractivity contribution in [3.63, 3.8) is 0 Å². The molecule has 5 nitrogen and oxygen atoms in total. The molecule has 0 amide bonds. The zero-order chi connectivity index (χ0) is 13.0. The summed E-state index contributed by atoms with van der Waals surface area (Å²) in [5.74, 6) is 1.40. The molecule has 0 aliphatic carbocycles. The lowest BCUT2D eigenvalue weighted by Crippen LogP contribution is -2.07. The van der Waals surface area contributed by atoms with Gasteiger partial charge in [-0.1, -0.05) is 17.7 Å². The molecule has 1 aromatic carbocycles. The van der Waals surface area contributed by atoms with Gasteiger partial charge in [-0.05, 0) is 24.6 Å². The predicted octanol–water partition coefficient (Wildman–Crippen LogP) is 1.99. The van der Waals surface area contributed by atoms with E-state index in [4.69, 9.17) is 22.1 Å². The highest BCUT2D eigenvalue weighted by Crippen LogP contribution is 2.25. The molecule has 2 rings (SSSR count). The summed E-state index contributed by atoms with van der Waals surface area (Å²) < 4.78 is 7.41. The number of hydrogen-bond donors (Lipinski definition) is 1. The molecule has 18 heavy (non-hydrogen) atoms. The minimum atomic E-state index is 0.343. The maximum Gasteiger partial charge on any atom is 0.164 e. The van der Waals surface area contributed by atoms with Crippen LogP contribution in [-0.4, -0.2) is 14.8 Å². The molecular weight excluding hydrogens is 252 g/mol. The van der Waals surface area contributed by atoms with Crippen molar-refractivity contribution >= 4 is 11.6 Å². The molecule has 0 spiro atoms. The fraction of sp³-hybridized carbons (Fsp3) is 0.333. The van der Waals surface area contributed by atoms with E-state index in [1.54, 1.807) is 10.7 Å². The van der Waals surface area contributed by atoms with E-state index in [0.29, 0.717) is 23.9 Å². The third-order valence-electron chi connectivity index (χ3n) is 2.58. The molecule has 0 fully saturated rings. The molecule has 0 atom stereocenters. The molecular formula is C12H15ClN4O. The second-order valence-corrected chi connectivity index (χ2v) is 4.16. The van der Waals surface area contributed by atoms with Crippen LogP contribution in [0.25, 0.3) is 0 Å². The third-order valence-corrected chi connectivity index (χ3v) is 2.88. The average molecular weight is 267 g/mol. The maximum absolute atomic E-state index is 6.10. The van der Waals surface area contributed by atoms with E-state index in [2.05, 4.69) is 10.1 Å². The van der Waals surface area contributed by atoms with Gasteiger partial charge in [0.15, 0.2) is 5.82 Å². The Morgan fingerprint density at radius 2 is 2.28 bits per heavy atom. The topological polar surface area (TPSA) is 66.0 Å². The van der Waals surface area contributed by atoms with Crippen molar-refractivity contribution in [2.24, 2.45) is 5.73 Å². The van der Waals surface area contributed by atoms with Gasteiger partial charge < -0.3 is 10.5 Å². The van der Waals surface area contributed by atoms with Gasteiger partial charge in [0, 0.05) is 13.1 Å². The Kier molecular flexibility index (Phi) is 4.17. The van der Waals surface area contributed by atoms with E-state index in [1.807, 2.05) is 19.1 Å². The third kappa shape index (κ3) is 2.80. The van der Waals surface area contributed by atoms with Gasteiger partial charge in [-0.3, -0.25) is 0 Å². The van der Waals surface area contributed by atoms with E-state index in [0.717, 1.165) is 17.9 Å². The van der Waals surface area contributed by atoms with Crippen LogP contribution in [0.2, 0.25) is 5.02 Å². The Bertz CT molecular complexity index is 527. The molecule has 0 saturated carbocycles. The fourth-order valence-corrected chi connectivity index (χ4v) is 1.85. The zero-order valence-electron chi connectivity index (χ0n) is 10.1. The summed E-state index contributed by atoms with van der Waals surface area (Å²) in [4.78, 5) is 4.13. The van der Waals surface area contributed by atoms with Crippen molar-refractivity contribution in [2.75, 3.05) is 0 Å². The number of nitrogens with two attached hydrogens (primary N) is 1. The summed E-state index contributed by atoms with van der Waals surface area (Å²) in [6.07, 6.45) is 1.52. The van der Waals surface area contributed by atoms with E-state index in [-0.39, 0.29) is 0 Å². The first-order valence-corrected chi connectivity index (χ1v) is 6.10. The van der Waals surface area contributed by atoms with Gasteiger partial charge in [-0.25, -0.2) is 9.67 Å². The smallest absolute Gasteiger partial charge is 0.164 e. The summed E-state index contributed by atoms with van der Waals surface area (Å²) >= 11 is 6.10. The number of hydrogen-bond acceptors (Lipinski definition) is 4. The first-order valence-electron chi connectivity index (χ1n) is 5.72. The molecule has 0 aliphatic heterocycles. The molecule has 1 aromatic heterocycles. The van der Waals surface area contributed by atoms with Gasteiger partial charge in [-0.2, -0.15) is 5.10 Å². The van der Waals surface area contributed by atoms with Gasteiger partial charge in [0.25, 0.3) is 0 Å². The maximum atomic E-state index is 6.10. The summed E-state index contributed by atoms with van der Waals surface area (Å²) in [6, 6.07) is 5.52. The monoisotopic (exact) mass is 266 g/mol. The van der Waals surface area contributed by atoms with Crippen molar-refractivity contribution in [3.05, 3.63) is 40.9 Å². The van der Waals surface area contributed by atoms with Crippen molar-refractivity contribution in [2.45, 2.75) is 26.6 Å². The Balaban J connectivity index is 2.06. The van der Waals surface area contributed by atoms with Crippen LogP contribution in [0.15, 0.2) is 24.5 Å². The second-order valence-electron chi connectivity index (χ2n) is 3.75. The molecule has 2 N–H and O–H groups in total. The average Bonchev–Trinajstić information content (AvgIpc) is 2.84. The van der Waals surface area contributed by atoms with E-state index < -0.39 is 0 Å². The molecule has 0 bridgehead atoms. The fourth-order valence-electron chi connectivity index (χ4n) is 1.59. The largest absolute Gasteiger partial charge is 0.484 e. The number of aryl methyl sites for hydroxylation is 1. The SMILES string of the molecule is CCn1ncnc1COc1ccc(CN)cc1Cl. The number of benzene rings is 1. The second kappa shape index (κ2) is 5.84. The molecule has 0 radical (unpaired) electrons. The number of aromatic nitrogens is 3. The highest BCUT2D eigenvalue weighted by molar-refractivity contribution is 6.32. The lowest BCUT2D eigenvalue weighted by Gasteiger charge is -2.09. The van der Waals surface area contributed by atoms with Gasteiger partial charge in [0.05, 0.1) is 5.02 Å².